The number of rotatable bonds is 6. The number of fused-ring (bicyclic) bond motifs is 1. The van der Waals surface area contributed by atoms with Crippen molar-refractivity contribution in [3.63, 3.8) is 0 Å². The summed E-state index contributed by atoms with van der Waals surface area (Å²) < 4.78 is 0. The number of benzene rings is 2. The fraction of sp³-hybridized carbons (Fsp3) is 0.412. The third-order valence-corrected chi connectivity index (χ3v) is 3.69. The molecule has 1 heteroatoms. The van der Waals surface area contributed by atoms with Crippen molar-refractivity contribution in [1.82, 2.24) is 5.32 Å². The Morgan fingerprint density at radius 3 is 2.56 bits per heavy atom. The predicted octanol–water partition coefficient (Wildman–Crippen LogP) is 4.16. The molecule has 0 fully saturated rings. The van der Waals surface area contributed by atoms with Crippen molar-refractivity contribution < 1.29 is 0 Å². The maximum atomic E-state index is 3.42. The van der Waals surface area contributed by atoms with Gasteiger partial charge in [0.1, 0.15) is 0 Å². The minimum absolute atomic E-state index is 0.647. The summed E-state index contributed by atoms with van der Waals surface area (Å²) >= 11 is 0. The molecule has 0 amide bonds. The van der Waals surface area contributed by atoms with Crippen molar-refractivity contribution in [1.29, 1.82) is 0 Å². The molecule has 0 heterocycles. The summed E-state index contributed by atoms with van der Waals surface area (Å²) in [6.07, 6.45) is 4.90. The zero-order chi connectivity index (χ0) is 12.8. The second kappa shape index (κ2) is 6.55. The second-order valence-electron chi connectivity index (χ2n) is 4.95. The molecule has 1 N–H and O–H groups in total. The van der Waals surface area contributed by atoms with Crippen molar-refractivity contribution in [2.45, 2.75) is 38.6 Å². The van der Waals surface area contributed by atoms with Gasteiger partial charge in [-0.1, -0.05) is 55.8 Å². The highest BCUT2D eigenvalue weighted by Gasteiger charge is 2.06. The largest absolute Gasteiger partial charge is 0.317 e. The smallest absolute Gasteiger partial charge is 0.00671 e. The summed E-state index contributed by atoms with van der Waals surface area (Å²) in [6.45, 7) is 2.25. The van der Waals surface area contributed by atoms with Gasteiger partial charge >= 0.3 is 0 Å². The summed E-state index contributed by atoms with van der Waals surface area (Å²) in [6, 6.07) is 16.0. The monoisotopic (exact) mass is 241 g/mol. The molecule has 1 atom stereocenters. The number of hydrogen-bond donors (Lipinski definition) is 1. The Balaban J connectivity index is 2.11. The minimum atomic E-state index is 0.647. The normalized spacial score (nSPS) is 12.8. The third kappa shape index (κ3) is 3.11. The van der Waals surface area contributed by atoms with Gasteiger partial charge in [-0.3, -0.25) is 0 Å². The summed E-state index contributed by atoms with van der Waals surface area (Å²) in [7, 11) is 2.07. The zero-order valence-corrected chi connectivity index (χ0v) is 11.4. The highest BCUT2D eigenvalue weighted by Crippen LogP contribution is 2.20. The molecule has 1 nitrogen and oxygen atoms in total. The molecule has 0 saturated heterocycles. The summed E-state index contributed by atoms with van der Waals surface area (Å²) in [5.74, 6) is 0. The molecule has 0 radical (unpaired) electrons. The number of hydrogen-bond acceptors (Lipinski definition) is 1. The first-order chi connectivity index (χ1) is 8.85. The first-order valence-electron chi connectivity index (χ1n) is 6.99. The molecule has 96 valence electrons. The van der Waals surface area contributed by atoms with E-state index < -0.39 is 0 Å². The van der Waals surface area contributed by atoms with Crippen LogP contribution in [0.4, 0.5) is 0 Å². The fourth-order valence-corrected chi connectivity index (χ4v) is 2.62. The highest BCUT2D eigenvalue weighted by atomic mass is 14.9. The van der Waals surface area contributed by atoms with Crippen molar-refractivity contribution in [3.8, 4) is 0 Å². The third-order valence-electron chi connectivity index (χ3n) is 3.69. The summed E-state index contributed by atoms with van der Waals surface area (Å²) in [4.78, 5) is 0. The first kappa shape index (κ1) is 13.1. The van der Waals surface area contributed by atoms with Crippen LogP contribution in [0.3, 0.4) is 0 Å². The standard InChI is InChI=1S/C17H23N/c1-3-7-16(18-2)13-12-15-10-6-9-14-8-4-5-11-17(14)15/h4-6,8-11,16,18H,3,7,12-13H2,1-2H3. The molecular weight excluding hydrogens is 218 g/mol. The van der Waals surface area contributed by atoms with Crippen LogP contribution in [0.25, 0.3) is 10.8 Å². The van der Waals surface area contributed by atoms with Gasteiger partial charge in [-0.25, -0.2) is 0 Å². The summed E-state index contributed by atoms with van der Waals surface area (Å²) in [5, 5.41) is 6.18. The van der Waals surface area contributed by atoms with E-state index in [-0.39, 0.29) is 0 Å². The Labute approximate surface area is 110 Å². The quantitative estimate of drug-likeness (QED) is 0.800. The molecule has 1 unspecified atom stereocenters. The van der Waals surface area contributed by atoms with Crippen LogP contribution in [-0.4, -0.2) is 13.1 Å². The van der Waals surface area contributed by atoms with Crippen molar-refractivity contribution in [2.75, 3.05) is 7.05 Å². The Kier molecular flexibility index (Phi) is 4.77. The fourth-order valence-electron chi connectivity index (χ4n) is 2.62. The van der Waals surface area contributed by atoms with Gasteiger partial charge in [-0.05, 0) is 42.6 Å². The van der Waals surface area contributed by atoms with E-state index in [9.17, 15) is 0 Å². The summed E-state index contributed by atoms with van der Waals surface area (Å²) in [5.41, 5.74) is 1.48. The van der Waals surface area contributed by atoms with Crippen molar-refractivity contribution in [2.24, 2.45) is 0 Å². The molecule has 2 aromatic carbocycles. The Hall–Kier alpha value is -1.34. The van der Waals surface area contributed by atoms with Crippen LogP contribution < -0.4 is 5.32 Å². The van der Waals surface area contributed by atoms with Gasteiger partial charge in [-0.15, -0.1) is 0 Å². The lowest BCUT2D eigenvalue weighted by molar-refractivity contribution is 0.484. The van der Waals surface area contributed by atoms with Crippen LogP contribution in [-0.2, 0) is 6.42 Å². The molecule has 0 saturated carbocycles. The van der Waals surface area contributed by atoms with Gasteiger partial charge in [0.05, 0.1) is 0 Å². The maximum absolute atomic E-state index is 3.42. The van der Waals surface area contributed by atoms with Gasteiger partial charge in [0.25, 0.3) is 0 Å². The lowest BCUT2D eigenvalue weighted by Gasteiger charge is -2.15. The average Bonchev–Trinajstić information content (AvgIpc) is 2.43. The lowest BCUT2D eigenvalue weighted by Crippen LogP contribution is -2.25. The van der Waals surface area contributed by atoms with Gasteiger partial charge in [0.15, 0.2) is 0 Å². The maximum Gasteiger partial charge on any atom is 0.00671 e. The molecule has 18 heavy (non-hydrogen) atoms. The number of aryl methyl sites for hydroxylation is 1. The van der Waals surface area contributed by atoms with Gasteiger partial charge < -0.3 is 5.32 Å². The lowest BCUT2D eigenvalue weighted by atomic mass is 9.97. The van der Waals surface area contributed by atoms with Gasteiger partial charge in [-0.2, -0.15) is 0 Å². The van der Waals surface area contributed by atoms with E-state index in [0.29, 0.717) is 6.04 Å². The second-order valence-corrected chi connectivity index (χ2v) is 4.95. The van der Waals surface area contributed by atoms with E-state index >= 15 is 0 Å². The van der Waals surface area contributed by atoms with Crippen LogP contribution in [0, 0.1) is 0 Å². The van der Waals surface area contributed by atoms with Gasteiger partial charge in [0, 0.05) is 6.04 Å². The van der Waals surface area contributed by atoms with E-state index in [4.69, 9.17) is 0 Å². The average molecular weight is 241 g/mol. The highest BCUT2D eigenvalue weighted by molar-refractivity contribution is 5.85. The SMILES string of the molecule is CCCC(CCc1cccc2ccccc12)NC. The molecule has 0 aliphatic carbocycles. The molecule has 2 aromatic rings. The first-order valence-corrected chi connectivity index (χ1v) is 6.99. The molecular formula is C17H23N. The zero-order valence-electron chi connectivity index (χ0n) is 11.4. The topological polar surface area (TPSA) is 12.0 Å². The molecule has 0 aromatic heterocycles. The van der Waals surface area contributed by atoms with E-state index in [0.717, 1.165) is 6.42 Å². The van der Waals surface area contributed by atoms with Crippen LogP contribution in [0.2, 0.25) is 0 Å². The Morgan fingerprint density at radius 1 is 1.00 bits per heavy atom. The Morgan fingerprint density at radius 2 is 1.78 bits per heavy atom. The molecule has 2 rings (SSSR count). The van der Waals surface area contributed by atoms with Crippen LogP contribution in [0.15, 0.2) is 42.5 Å². The molecule has 0 bridgehead atoms. The van der Waals surface area contributed by atoms with Crippen LogP contribution >= 0.6 is 0 Å². The van der Waals surface area contributed by atoms with Crippen molar-refractivity contribution >= 4 is 10.8 Å². The van der Waals surface area contributed by atoms with Crippen LogP contribution in [0.5, 0.6) is 0 Å². The minimum Gasteiger partial charge on any atom is -0.317 e. The van der Waals surface area contributed by atoms with E-state index in [2.05, 4.69) is 61.8 Å². The van der Waals surface area contributed by atoms with Gasteiger partial charge in [0.2, 0.25) is 0 Å². The van der Waals surface area contributed by atoms with Crippen LogP contribution in [0.1, 0.15) is 31.7 Å². The van der Waals surface area contributed by atoms with E-state index in [1.807, 2.05) is 0 Å². The molecule has 0 aliphatic heterocycles. The molecule has 0 spiro atoms. The van der Waals surface area contributed by atoms with E-state index in [1.54, 1.807) is 0 Å². The predicted molar refractivity (Wildman–Crippen MR) is 80.0 cm³/mol. The van der Waals surface area contributed by atoms with Crippen molar-refractivity contribution in [3.05, 3.63) is 48.0 Å². The number of nitrogens with one attached hydrogen (secondary N) is 1. The van der Waals surface area contributed by atoms with E-state index in [1.165, 1.54) is 35.6 Å². The molecule has 0 aliphatic rings. The Bertz CT molecular complexity index is 484.